The van der Waals surface area contributed by atoms with Crippen LogP contribution in [0.4, 0.5) is 4.79 Å². The third kappa shape index (κ3) is 19.0. The number of Topliss-reactive ketones (excluding diaryl/α,β-unsaturated/α-hetero) is 2. The molecule has 266 valence electrons. The number of ketones is 2. The molecule has 0 aliphatic carbocycles. The number of hydrogen-bond acceptors (Lipinski definition) is 9. The summed E-state index contributed by atoms with van der Waals surface area (Å²) in [7, 11) is 0. The lowest BCUT2D eigenvalue weighted by Crippen LogP contribution is -2.49. The van der Waals surface area contributed by atoms with Crippen LogP contribution in [0.2, 0.25) is 0 Å². The average Bonchev–Trinajstić information content (AvgIpc) is 3.03. The van der Waals surface area contributed by atoms with Crippen LogP contribution in [0.1, 0.15) is 96.0 Å². The Balaban J connectivity index is 2.33. The van der Waals surface area contributed by atoms with Gasteiger partial charge in [0.25, 0.3) is 6.47 Å². The SMILES string of the molecule is C[C@H](CC(=O)[C@H](Cc1ccccc1)NC(=O)CCCCCCCCC(=O)CC[C@H](NC(=O)N[C@@H](CCC(=O)O)OC=O)C(=O)O)C(=O)O. The van der Waals surface area contributed by atoms with E-state index in [0.717, 1.165) is 31.2 Å². The van der Waals surface area contributed by atoms with Crippen molar-refractivity contribution in [1.29, 1.82) is 0 Å². The summed E-state index contributed by atoms with van der Waals surface area (Å²) in [6.45, 7) is 1.48. The summed E-state index contributed by atoms with van der Waals surface area (Å²) in [5, 5.41) is 34.4. The van der Waals surface area contributed by atoms with Gasteiger partial charge in [-0.15, -0.1) is 0 Å². The Bertz CT molecular complexity index is 1220. The maximum atomic E-state index is 12.8. The first-order chi connectivity index (χ1) is 22.8. The Kier molecular flexibility index (Phi) is 20.2. The van der Waals surface area contributed by atoms with Gasteiger partial charge in [0.05, 0.1) is 18.4 Å². The monoisotopic (exact) mass is 677 g/mol. The smallest absolute Gasteiger partial charge is 0.326 e. The van der Waals surface area contributed by atoms with E-state index in [4.69, 9.17) is 10.2 Å². The van der Waals surface area contributed by atoms with Crippen LogP contribution in [0.15, 0.2) is 30.3 Å². The average molecular weight is 678 g/mol. The molecular formula is C33H47N3O12. The molecule has 4 atom stereocenters. The largest absolute Gasteiger partial charge is 0.481 e. The molecule has 0 aliphatic heterocycles. The fourth-order valence-electron chi connectivity index (χ4n) is 4.74. The Morgan fingerprint density at radius 1 is 0.729 bits per heavy atom. The molecule has 0 heterocycles. The van der Waals surface area contributed by atoms with Gasteiger partial charge in [0, 0.05) is 32.1 Å². The summed E-state index contributed by atoms with van der Waals surface area (Å²) >= 11 is 0. The molecule has 6 N–H and O–H groups in total. The van der Waals surface area contributed by atoms with Gasteiger partial charge in [-0.2, -0.15) is 0 Å². The Morgan fingerprint density at radius 3 is 1.94 bits per heavy atom. The molecule has 15 heteroatoms. The van der Waals surface area contributed by atoms with E-state index in [-0.39, 0.29) is 68.9 Å². The molecular weight excluding hydrogens is 630 g/mol. The minimum absolute atomic E-state index is 0.0304. The molecule has 0 spiro atoms. The van der Waals surface area contributed by atoms with Crippen LogP contribution in [0.25, 0.3) is 0 Å². The first kappa shape index (κ1) is 41.2. The van der Waals surface area contributed by atoms with Crippen molar-refractivity contribution in [1.82, 2.24) is 16.0 Å². The molecule has 0 bridgehead atoms. The highest BCUT2D eigenvalue weighted by molar-refractivity contribution is 5.91. The number of unbranched alkanes of at least 4 members (excludes halogenated alkanes) is 5. The number of carboxylic acid groups (broad SMARTS) is 3. The van der Waals surface area contributed by atoms with Crippen molar-refractivity contribution in [2.45, 2.75) is 115 Å². The fraction of sp³-hybridized carbons (Fsp3) is 0.576. The summed E-state index contributed by atoms with van der Waals surface area (Å²) in [4.78, 5) is 93.8. The summed E-state index contributed by atoms with van der Waals surface area (Å²) in [5.74, 6) is -5.25. The molecule has 1 aromatic carbocycles. The molecule has 15 nitrogen and oxygen atoms in total. The molecule has 0 fully saturated rings. The van der Waals surface area contributed by atoms with Crippen LogP contribution in [0, 0.1) is 5.92 Å². The number of ether oxygens (including phenoxy) is 1. The van der Waals surface area contributed by atoms with Gasteiger partial charge < -0.3 is 36.0 Å². The minimum atomic E-state index is -1.39. The fourth-order valence-corrected chi connectivity index (χ4v) is 4.74. The van der Waals surface area contributed by atoms with Crippen LogP contribution in [-0.2, 0) is 44.7 Å². The predicted octanol–water partition coefficient (Wildman–Crippen LogP) is 2.98. The summed E-state index contributed by atoms with van der Waals surface area (Å²) in [6.07, 6.45) is 2.78. The number of aliphatic carboxylic acids is 3. The Morgan fingerprint density at radius 2 is 1.35 bits per heavy atom. The molecule has 48 heavy (non-hydrogen) atoms. The zero-order valence-electron chi connectivity index (χ0n) is 27.2. The van der Waals surface area contributed by atoms with E-state index in [2.05, 4.69) is 20.7 Å². The number of urea groups is 1. The summed E-state index contributed by atoms with van der Waals surface area (Å²) in [5.41, 5.74) is 0.853. The lowest BCUT2D eigenvalue weighted by Gasteiger charge is -2.19. The van der Waals surface area contributed by atoms with E-state index in [1.165, 1.54) is 6.92 Å². The number of rotatable bonds is 27. The zero-order chi connectivity index (χ0) is 35.9. The highest BCUT2D eigenvalue weighted by Gasteiger charge is 2.26. The van der Waals surface area contributed by atoms with Gasteiger partial charge >= 0.3 is 23.9 Å². The van der Waals surface area contributed by atoms with Gasteiger partial charge in [0.15, 0.2) is 12.0 Å². The number of carboxylic acids is 3. The summed E-state index contributed by atoms with van der Waals surface area (Å²) < 4.78 is 4.59. The summed E-state index contributed by atoms with van der Waals surface area (Å²) in [6, 6.07) is 5.97. The van der Waals surface area contributed by atoms with Crippen molar-refractivity contribution < 1.29 is 58.4 Å². The van der Waals surface area contributed by atoms with E-state index >= 15 is 0 Å². The number of benzene rings is 1. The van der Waals surface area contributed by atoms with Crippen LogP contribution in [-0.4, -0.2) is 81.5 Å². The van der Waals surface area contributed by atoms with E-state index in [1.807, 2.05) is 30.3 Å². The topological polar surface area (TPSA) is 243 Å². The predicted molar refractivity (Wildman–Crippen MR) is 171 cm³/mol. The first-order valence-corrected chi connectivity index (χ1v) is 16.0. The van der Waals surface area contributed by atoms with Crippen LogP contribution in [0.3, 0.4) is 0 Å². The van der Waals surface area contributed by atoms with Crippen molar-refractivity contribution in [2.75, 3.05) is 0 Å². The molecule has 0 radical (unpaired) electrons. The molecule has 3 amide bonds. The standard InChI is InChI=1S/C33H47N3O12/c1-22(31(43)44)19-27(39)26(20-23-11-7-6-8-12-23)34-28(40)14-10-5-3-2-4-9-13-24(38)15-16-25(32(45)46)35-33(47)36-29(48-21-37)17-18-30(41)42/h6-8,11-12,21-22,25-26,29H,2-5,9-10,13-20H2,1H3,(H,34,40)(H,41,42)(H,43,44)(H,45,46)(H2,35,36,47)/t22-,25+,26+,29-/m1/s1. The van der Waals surface area contributed by atoms with Crippen molar-refractivity contribution >= 4 is 47.9 Å². The number of hydrogen-bond donors (Lipinski definition) is 6. The van der Waals surface area contributed by atoms with Crippen molar-refractivity contribution in [2.24, 2.45) is 5.92 Å². The van der Waals surface area contributed by atoms with E-state index in [9.17, 15) is 43.5 Å². The third-order valence-electron chi connectivity index (χ3n) is 7.49. The highest BCUT2D eigenvalue weighted by Crippen LogP contribution is 2.13. The van der Waals surface area contributed by atoms with E-state index in [1.54, 1.807) is 0 Å². The molecule has 0 unspecified atom stereocenters. The maximum Gasteiger partial charge on any atom is 0.326 e. The third-order valence-corrected chi connectivity index (χ3v) is 7.49. The lowest BCUT2D eigenvalue weighted by atomic mass is 9.95. The van der Waals surface area contributed by atoms with Gasteiger partial charge in [-0.05, 0) is 31.2 Å². The number of carbonyl (C=O) groups is 8. The van der Waals surface area contributed by atoms with Gasteiger partial charge in [-0.3, -0.25) is 28.8 Å². The van der Waals surface area contributed by atoms with Crippen molar-refractivity contribution in [3.63, 3.8) is 0 Å². The Hall–Kier alpha value is -4.82. The van der Waals surface area contributed by atoms with Crippen LogP contribution in [0.5, 0.6) is 0 Å². The van der Waals surface area contributed by atoms with E-state index < -0.39 is 54.6 Å². The van der Waals surface area contributed by atoms with Gasteiger partial charge in [0.2, 0.25) is 5.91 Å². The van der Waals surface area contributed by atoms with Crippen LogP contribution < -0.4 is 16.0 Å². The minimum Gasteiger partial charge on any atom is -0.481 e. The van der Waals surface area contributed by atoms with Gasteiger partial charge in [-0.1, -0.05) is 62.9 Å². The molecule has 0 saturated carbocycles. The number of carbonyl (C=O) groups excluding carboxylic acids is 5. The van der Waals surface area contributed by atoms with Crippen molar-refractivity contribution in [3.8, 4) is 0 Å². The second-order valence-electron chi connectivity index (χ2n) is 11.6. The normalized spacial score (nSPS) is 13.2. The zero-order valence-corrected chi connectivity index (χ0v) is 27.2. The van der Waals surface area contributed by atoms with E-state index in [0.29, 0.717) is 12.8 Å². The molecule has 0 saturated heterocycles. The highest BCUT2D eigenvalue weighted by atomic mass is 16.5. The van der Waals surface area contributed by atoms with Gasteiger partial charge in [0.1, 0.15) is 11.8 Å². The quantitative estimate of drug-likeness (QED) is 0.0447. The van der Waals surface area contributed by atoms with Crippen LogP contribution >= 0.6 is 0 Å². The Labute approximate surface area is 279 Å². The van der Waals surface area contributed by atoms with Gasteiger partial charge in [-0.25, -0.2) is 9.59 Å². The second kappa shape index (κ2) is 23.5. The lowest BCUT2D eigenvalue weighted by molar-refractivity contribution is -0.143. The molecule has 1 aromatic rings. The second-order valence-corrected chi connectivity index (χ2v) is 11.6. The van der Waals surface area contributed by atoms with Crippen molar-refractivity contribution in [3.05, 3.63) is 35.9 Å². The number of amides is 3. The first-order valence-electron chi connectivity index (χ1n) is 16.0. The number of nitrogens with one attached hydrogen (secondary N) is 3. The molecule has 1 rings (SSSR count). The molecule has 0 aliphatic rings. The maximum absolute atomic E-state index is 12.8. The molecule has 0 aromatic heterocycles.